The number of alkyl halides is 2. The molecule has 27 nitrogen and oxygen atoms in total. The van der Waals surface area contributed by atoms with E-state index in [1.165, 1.54) is 12.3 Å². The Morgan fingerprint density at radius 1 is 0.785 bits per heavy atom. The van der Waals surface area contributed by atoms with E-state index in [1.54, 1.807) is 32.9 Å². The number of esters is 1. The Labute approximate surface area is 539 Å². The monoisotopic (exact) mass is 1300 g/mol. The predicted molar refractivity (Wildman–Crippen MR) is 333 cm³/mol. The van der Waals surface area contributed by atoms with E-state index in [0.717, 1.165) is 36.0 Å². The van der Waals surface area contributed by atoms with Crippen LogP contribution in [-0.4, -0.2) is 262 Å². The molecule has 0 spiro atoms. The smallest absolute Gasteiger partial charge is 0.317 e. The van der Waals surface area contributed by atoms with E-state index in [9.17, 15) is 61.8 Å². The van der Waals surface area contributed by atoms with Crippen molar-refractivity contribution in [3.05, 3.63) is 71.4 Å². The largest absolute Gasteiger partial charge is 0.494 e. The number of carbonyl (C=O) groups is 10. The number of nitrogens with one attached hydrogen (secondary N) is 4. The molecule has 3 fully saturated rings. The Morgan fingerprint density at radius 2 is 1.44 bits per heavy atom. The van der Waals surface area contributed by atoms with Crippen molar-refractivity contribution < 1.29 is 85.5 Å². The summed E-state index contributed by atoms with van der Waals surface area (Å²) in [5.41, 5.74) is 2.95. The molecule has 4 heterocycles. The van der Waals surface area contributed by atoms with Gasteiger partial charge in [-0.1, -0.05) is 35.7 Å². The summed E-state index contributed by atoms with van der Waals surface area (Å²) < 4.78 is 55.0. The van der Waals surface area contributed by atoms with Crippen LogP contribution in [0.2, 0.25) is 0 Å². The number of amides is 6. The highest BCUT2D eigenvalue weighted by Crippen LogP contribution is 2.32. The van der Waals surface area contributed by atoms with Crippen LogP contribution < -0.4 is 26.0 Å². The zero-order valence-corrected chi connectivity index (χ0v) is 52.9. The number of aryl methyl sites for hydroxylation is 2. The van der Waals surface area contributed by atoms with Crippen LogP contribution in [0.3, 0.4) is 0 Å². The average Bonchev–Trinajstić information content (AvgIpc) is 1.81. The Balaban J connectivity index is 1.05. The van der Waals surface area contributed by atoms with Gasteiger partial charge in [0.25, 0.3) is 24.8 Å². The van der Waals surface area contributed by atoms with Crippen LogP contribution >= 0.6 is 0 Å². The van der Waals surface area contributed by atoms with Crippen molar-refractivity contribution in [3.8, 4) is 18.1 Å². The topological polar surface area (TPSA) is 318 Å². The van der Waals surface area contributed by atoms with E-state index >= 15 is 0 Å². The zero-order valence-electron chi connectivity index (χ0n) is 52.9. The normalized spacial score (nSPS) is 17.7. The number of halogens is 2. The number of terminal acetylenes is 1. The lowest BCUT2D eigenvalue weighted by molar-refractivity contribution is -0.147. The number of carboxylic acids is 1. The number of fused-ring (bicyclic) bond motifs is 1. The van der Waals surface area contributed by atoms with E-state index in [0.29, 0.717) is 101 Å². The molecule has 3 aliphatic rings. The fourth-order valence-electron chi connectivity index (χ4n) is 11.1. The minimum absolute atomic E-state index is 0.0478. The van der Waals surface area contributed by atoms with Crippen molar-refractivity contribution in [1.29, 1.82) is 0 Å². The van der Waals surface area contributed by atoms with Gasteiger partial charge in [0.2, 0.25) is 29.5 Å². The van der Waals surface area contributed by atoms with Gasteiger partial charge in [0, 0.05) is 103 Å². The number of ether oxygens (including phenoxy) is 5. The molecule has 3 aromatic rings. The number of likely N-dealkylation sites (tertiary alicyclic amines) is 2. The van der Waals surface area contributed by atoms with Crippen LogP contribution in [0.15, 0.2) is 54.7 Å². The summed E-state index contributed by atoms with van der Waals surface area (Å²) in [7, 11) is 1.16. The summed E-state index contributed by atoms with van der Waals surface area (Å²) in [6.07, 6.45) is 9.82. The number of aliphatic carboxylic acids is 1. The van der Waals surface area contributed by atoms with Gasteiger partial charge in [-0.25, -0.2) is 8.78 Å². The molecule has 508 valence electrons. The number of benzene rings is 2. The summed E-state index contributed by atoms with van der Waals surface area (Å²) in [6, 6.07) is 10.9. The van der Waals surface area contributed by atoms with Crippen molar-refractivity contribution in [3.63, 3.8) is 0 Å². The van der Waals surface area contributed by atoms with Crippen LogP contribution in [0, 0.1) is 25.2 Å². The summed E-state index contributed by atoms with van der Waals surface area (Å²) in [5, 5.41) is 21.1. The summed E-state index contributed by atoms with van der Waals surface area (Å²) in [6.45, 7) is 3.85. The van der Waals surface area contributed by atoms with E-state index < -0.39 is 91.5 Å². The van der Waals surface area contributed by atoms with Crippen LogP contribution in [-0.2, 0) is 68.5 Å². The van der Waals surface area contributed by atoms with Crippen molar-refractivity contribution in [1.82, 2.24) is 55.7 Å². The number of rotatable bonds is 34. The van der Waals surface area contributed by atoms with Gasteiger partial charge in [0.1, 0.15) is 31.3 Å². The third-order valence-corrected chi connectivity index (χ3v) is 16.4. The second-order valence-electron chi connectivity index (χ2n) is 23.3. The van der Waals surface area contributed by atoms with Gasteiger partial charge in [0.15, 0.2) is 0 Å². The molecule has 3 saturated heterocycles. The van der Waals surface area contributed by atoms with Crippen LogP contribution in [0.1, 0.15) is 79.3 Å². The molecule has 0 unspecified atom stereocenters. The van der Waals surface area contributed by atoms with E-state index in [1.807, 2.05) is 41.0 Å². The molecule has 29 heteroatoms. The number of carboxylic acid groups (broad SMARTS) is 1. The molecule has 1 aromatic heterocycles. The average molecular weight is 1300 g/mol. The van der Waals surface area contributed by atoms with Crippen molar-refractivity contribution in [2.45, 2.75) is 95.2 Å². The van der Waals surface area contributed by atoms with E-state index in [-0.39, 0.29) is 103 Å². The molecule has 5 N–H and O–H groups in total. The highest BCUT2D eigenvalue weighted by Gasteiger charge is 2.46. The number of pyridine rings is 1. The maximum absolute atomic E-state index is 14.5. The molecule has 0 aliphatic carbocycles. The van der Waals surface area contributed by atoms with Crippen LogP contribution in [0.25, 0.3) is 10.9 Å². The predicted octanol–water partition coefficient (Wildman–Crippen LogP) is 1.19. The molecule has 2 aromatic carbocycles. The number of hydrogen-bond donors (Lipinski definition) is 5. The van der Waals surface area contributed by atoms with Crippen molar-refractivity contribution >= 4 is 71.2 Å². The standard InChI is InChI=1S/C64H87F2N11O16/c1-4-49-37-64(65,66)41-77(49)58(82)38-69-61(86)51-16-20-67-53-15-14-50(35-52(51)53)93-32-6-8-48-17-22-76(23-18-48)63(88)55(36-60(85)89-3)71-62(87)54(19-33-90-34-21-68-56(80)9-5-7-47-12-10-46(2)11-13-47)70-57(81)39-72-24-25-73(40-59(83)84)27-29-75(43-92-45-79)31-30-74(28-26-72)42-91-44-78/h1,10-16,20,35,44-45,48-49,54-55H,5-9,17-19,21-34,36-43H2,2-3H3,(H,68,80)(H,69,86)(H,70,81)(H,71,87)(H,83,84)/t49-,54-,55-/m0/s1. The van der Waals surface area contributed by atoms with E-state index in [2.05, 4.69) is 32.2 Å². The number of methoxy groups -OCH3 is 1. The molecule has 0 radical (unpaired) electrons. The van der Waals surface area contributed by atoms with Gasteiger partial charge >= 0.3 is 11.9 Å². The molecule has 0 bridgehead atoms. The van der Waals surface area contributed by atoms with Gasteiger partial charge in [-0.05, 0) is 87.6 Å². The molecule has 3 aliphatic heterocycles. The lowest BCUT2D eigenvalue weighted by Gasteiger charge is -2.34. The Kier molecular flexibility index (Phi) is 30.5. The number of aromatic nitrogens is 1. The molecule has 93 heavy (non-hydrogen) atoms. The van der Waals surface area contributed by atoms with E-state index in [4.69, 9.17) is 30.1 Å². The second kappa shape index (κ2) is 38.6. The van der Waals surface area contributed by atoms with Crippen LogP contribution in [0.5, 0.6) is 5.75 Å². The highest BCUT2D eigenvalue weighted by atomic mass is 19.3. The SMILES string of the molecule is C#C[C@H]1CC(F)(F)CN1C(=O)CNC(=O)c1ccnc2ccc(OCCCC3CCN(C(=O)[C@H](CC(=O)OC)NC(=O)[C@H](CCOCCNC(=O)CCCc4ccc(C)cc4)NC(=O)CN4CCN(COC=O)CCN(COC=O)CCN(CC(=O)O)CC4)CC3)cc12. The highest BCUT2D eigenvalue weighted by molar-refractivity contribution is 6.07. The summed E-state index contributed by atoms with van der Waals surface area (Å²) in [4.78, 5) is 143. The number of piperidine rings is 1. The fraction of sp³-hybridized carbons (Fsp3) is 0.578. The minimum Gasteiger partial charge on any atom is -0.494 e. The first kappa shape index (κ1) is 73.6. The third-order valence-electron chi connectivity index (χ3n) is 16.4. The molecule has 6 rings (SSSR count). The Bertz CT molecular complexity index is 3020. The van der Waals surface area contributed by atoms with Gasteiger partial charge in [0.05, 0.1) is 70.0 Å². The third kappa shape index (κ3) is 25.5. The maximum atomic E-state index is 14.5. The van der Waals surface area contributed by atoms with Gasteiger partial charge in [-0.15, -0.1) is 6.42 Å². The minimum atomic E-state index is -3.12. The zero-order chi connectivity index (χ0) is 67.1. The molecular weight excluding hydrogens is 1220 g/mol. The maximum Gasteiger partial charge on any atom is 0.317 e. The second-order valence-corrected chi connectivity index (χ2v) is 23.3. The first-order valence-corrected chi connectivity index (χ1v) is 31.3. The molecule has 0 saturated carbocycles. The van der Waals surface area contributed by atoms with Crippen molar-refractivity contribution in [2.75, 3.05) is 139 Å². The summed E-state index contributed by atoms with van der Waals surface area (Å²) in [5.74, 6) is -5.53. The lowest BCUT2D eigenvalue weighted by Crippen LogP contribution is -2.57. The fourth-order valence-corrected chi connectivity index (χ4v) is 11.1. The van der Waals surface area contributed by atoms with Crippen molar-refractivity contribution in [2.24, 2.45) is 5.92 Å². The lowest BCUT2D eigenvalue weighted by atomic mass is 9.92. The molecule has 3 atom stereocenters. The quantitative estimate of drug-likeness (QED) is 0.0184. The number of hydrogen-bond acceptors (Lipinski definition) is 20. The summed E-state index contributed by atoms with van der Waals surface area (Å²) >= 11 is 0. The van der Waals surface area contributed by atoms with Gasteiger partial charge < -0.3 is 59.9 Å². The van der Waals surface area contributed by atoms with Crippen LogP contribution in [0.4, 0.5) is 8.78 Å². The Hall–Kier alpha value is -8.43. The van der Waals surface area contributed by atoms with Gasteiger partial charge in [-0.3, -0.25) is 72.5 Å². The Morgan fingerprint density at radius 3 is 2.08 bits per heavy atom. The molecule has 6 amide bonds. The number of carbonyl (C=O) groups excluding carboxylic acids is 9. The number of nitrogens with zero attached hydrogens (tertiary/aromatic N) is 7. The first-order valence-electron chi connectivity index (χ1n) is 31.3. The molecular formula is C64H87F2N11O16. The first-order chi connectivity index (χ1) is 44.8. The van der Waals surface area contributed by atoms with Gasteiger partial charge in [-0.2, -0.15) is 0 Å².